The molecule has 0 heterocycles. The van der Waals surface area contributed by atoms with Crippen LogP contribution in [-0.4, -0.2) is 25.5 Å². The molecule has 0 aliphatic heterocycles. The van der Waals surface area contributed by atoms with E-state index in [1.807, 2.05) is 13.8 Å². The second-order valence-corrected chi connectivity index (χ2v) is 4.65. The molecule has 1 atom stereocenters. The lowest BCUT2D eigenvalue weighted by Gasteiger charge is -2.18. The number of carbonyl (C=O) groups excluding carboxylic acids is 2. The van der Waals surface area contributed by atoms with Crippen LogP contribution in [0.3, 0.4) is 0 Å². The van der Waals surface area contributed by atoms with Crippen LogP contribution in [0.4, 0.5) is 5.69 Å². The molecule has 1 unspecified atom stereocenters. The van der Waals surface area contributed by atoms with Crippen molar-refractivity contribution >= 4 is 17.6 Å². The van der Waals surface area contributed by atoms with Gasteiger partial charge in [-0.15, -0.1) is 0 Å². The fraction of sp³-hybridized carbons (Fsp3) is 0.429. The van der Waals surface area contributed by atoms with E-state index < -0.39 is 5.97 Å². The second-order valence-electron chi connectivity index (χ2n) is 4.65. The van der Waals surface area contributed by atoms with E-state index in [4.69, 9.17) is 5.73 Å². The summed E-state index contributed by atoms with van der Waals surface area (Å²) < 4.78 is 4.63. The minimum Gasteiger partial charge on any atom is -0.465 e. The van der Waals surface area contributed by atoms with Gasteiger partial charge in [0.15, 0.2) is 0 Å². The minimum absolute atomic E-state index is 0.139. The lowest BCUT2D eigenvalue weighted by molar-refractivity contribution is -0.120. The Morgan fingerprint density at radius 2 is 2.05 bits per heavy atom. The van der Waals surface area contributed by atoms with E-state index in [1.54, 1.807) is 24.3 Å². The summed E-state index contributed by atoms with van der Waals surface area (Å²) in [6.07, 6.45) is 0. The molecule has 19 heavy (non-hydrogen) atoms. The van der Waals surface area contributed by atoms with Crippen LogP contribution in [0.2, 0.25) is 0 Å². The Balaban J connectivity index is 2.82. The number of carbonyl (C=O) groups is 2. The van der Waals surface area contributed by atoms with Crippen LogP contribution in [0, 0.1) is 11.8 Å². The summed E-state index contributed by atoms with van der Waals surface area (Å²) in [5.74, 6) is -0.662. The highest BCUT2D eigenvalue weighted by molar-refractivity contribution is 5.95. The molecule has 0 aliphatic rings. The molecule has 1 rings (SSSR count). The number of benzene rings is 1. The molecule has 0 aromatic heterocycles. The van der Waals surface area contributed by atoms with E-state index in [0.717, 1.165) is 0 Å². The predicted molar refractivity (Wildman–Crippen MR) is 73.8 cm³/mol. The van der Waals surface area contributed by atoms with Gasteiger partial charge in [0.1, 0.15) is 0 Å². The third kappa shape index (κ3) is 4.06. The lowest BCUT2D eigenvalue weighted by atomic mass is 9.95. The molecule has 1 amide bonds. The average Bonchev–Trinajstić information content (AvgIpc) is 2.38. The van der Waals surface area contributed by atoms with Crippen molar-refractivity contribution in [1.29, 1.82) is 0 Å². The first-order chi connectivity index (χ1) is 8.99. The fourth-order valence-electron chi connectivity index (χ4n) is 1.76. The second kappa shape index (κ2) is 6.89. The first kappa shape index (κ1) is 15.2. The van der Waals surface area contributed by atoms with Crippen LogP contribution < -0.4 is 11.1 Å². The Morgan fingerprint density at radius 3 is 2.58 bits per heavy atom. The van der Waals surface area contributed by atoms with E-state index in [-0.39, 0.29) is 17.7 Å². The largest absolute Gasteiger partial charge is 0.465 e. The zero-order chi connectivity index (χ0) is 14.4. The summed E-state index contributed by atoms with van der Waals surface area (Å²) >= 11 is 0. The summed E-state index contributed by atoms with van der Waals surface area (Å²) in [5, 5.41) is 2.77. The summed E-state index contributed by atoms with van der Waals surface area (Å²) in [7, 11) is 1.32. The van der Waals surface area contributed by atoms with Gasteiger partial charge in [-0.2, -0.15) is 0 Å². The molecular formula is C14H20N2O3. The minimum atomic E-state index is -0.435. The number of hydrogen-bond donors (Lipinski definition) is 2. The third-order valence-electron chi connectivity index (χ3n) is 2.95. The molecule has 0 bridgehead atoms. The molecule has 1 aromatic rings. The first-order valence-electron chi connectivity index (χ1n) is 6.19. The van der Waals surface area contributed by atoms with Gasteiger partial charge in [-0.1, -0.05) is 19.9 Å². The first-order valence-corrected chi connectivity index (χ1v) is 6.19. The monoisotopic (exact) mass is 264 g/mol. The molecule has 0 saturated carbocycles. The van der Waals surface area contributed by atoms with E-state index in [0.29, 0.717) is 17.8 Å². The number of ether oxygens (including phenoxy) is 1. The predicted octanol–water partition coefficient (Wildman–Crippen LogP) is 1.64. The summed E-state index contributed by atoms with van der Waals surface area (Å²) in [5.41, 5.74) is 6.55. The molecule has 0 aliphatic carbocycles. The number of nitrogens with two attached hydrogens (primary N) is 1. The Bertz CT molecular complexity index is 458. The van der Waals surface area contributed by atoms with Crippen molar-refractivity contribution in [3.63, 3.8) is 0 Å². The third-order valence-corrected chi connectivity index (χ3v) is 2.95. The van der Waals surface area contributed by atoms with Gasteiger partial charge < -0.3 is 15.8 Å². The number of methoxy groups -OCH3 is 1. The summed E-state index contributed by atoms with van der Waals surface area (Å²) in [4.78, 5) is 23.4. The number of hydrogen-bond acceptors (Lipinski definition) is 4. The summed E-state index contributed by atoms with van der Waals surface area (Å²) in [6.45, 7) is 4.18. The van der Waals surface area contributed by atoms with Crippen molar-refractivity contribution in [1.82, 2.24) is 0 Å². The lowest BCUT2D eigenvalue weighted by Crippen LogP contribution is -2.33. The van der Waals surface area contributed by atoms with Gasteiger partial charge >= 0.3 is 5.97 Å². The molecule has 0 saturated heterocycles. The van der Waals surface area contributed by atoms with E-state index in [1.165, 1.54) is 7.11 Å². The Morgan fingerprint density at radius 1 is 1.37 bits per heavy atom. The maximum absolute atomic E-state index is 12.0. The fourth-order valence-corrected chi connectivity index (χ4v) is 1.76. The van der Waals surface area contributed by atoms with E-state index >= 15 is 0 Å². The molecular weight excluding hydrogens is 244 g/mol. The topological polar surface area (TPSA) is 81.4 Å². The van der Waals surface area contributed by atoms with Crippen LogP contribution in [0.25, 0.3) is 0 Å². The van der Waals surface area contributed by atoms with Crippen LogP contribution >= 0.6 is 0 Å². The van der Waals surface area contributed by atoms with Crippen molar-refractivity contribution in [2.24, 2.45) is 17.6 Å². The van der Waals surface area contributed by atoms with Crippen LogP contribution in [0.5, 0.6) is 0 Å². The quantitative estimate of drug-likeness (QED) is 0.792. The van der Waals surface area contributed by atoms with Gasteiger partial charge in [0.2, 0.25) is 5.91 Å². The number of anilines is 1. The van der Waals surface area contributed by atoms with Crippen LogP contribution in [0.15, 0.2) is 24.3 Å². The van der Waals surface area contributed by atoms with Crippen molar-refractivity contribution < 1.29 is 14.3 Å². The molecule has 5 nitrogen and oxygen atoms in total. The smallest absolute Gasteiger partial charge is 0.337 e. The van der Waals surface area contributed by atoms with E-state index in [2.05, 4.69) is 10.1 Å². The molecule has 0 radical (unpaired) electrons. The molecule has 1 aromatic carbocycles. The number of rotatable bonds is 5. The van der Waals surface area contributed by atoms with Gasteiger partial charge in [-0.3, -0.25) is 4.79 Å². The number of amides is 1. The van der Waals surface area contributed by atoms with Crippen molar-refractivity contribution in [2.75, 3.05) is 19.0 Å². The number of nitrogens with one attached hydrogen (secondary N) is 1. The van der Waals surface area contributed by atoms with Gasteiger partial charge in [-0.05, 0) is 24.1 Å². The van der Waals surface area contributed by atoms with Gasteiger partial charge in [0.25, 0.3) is 0 Å². The van der Waals surface area contributed by atoms with Gasteiger partial charge in [-0.25, -0.2) is 4.79 Å². The zero-order valence-corrected chi connectivity index (χ0v) is 11.5. The normalized spacial score (nSPS) is 12.1. The summed E-state index contributed by atoms with van der Waals surface area (Å²) in [6, 6.07) is 6.62. The van der Waals surface area contributed by atoms with E-state index in [9.17, 15) is 9.59 Å². The average molecular weight is 264 g/mol. The Kier molecular flexibility index (Phi) is 5.51. The van der Waals surface area contributed by atoms with Crippen LogP contribution in [0.1, 0.15) is 24.2 Å². The molecule has 104 valence electrons. The van der Waals surface area contributed by atoms with Crippen LogP contribution in [-0.2, 0) is 9.53 Å². The molecule has 5 heteroatoms. The Hall–Kier alpha value is -1.88. The maximum Gasteiger partial charge on any atom is 0.337 e. The van der Waals surface area contributed by atoms with Crippen molar-refractivity contribution in [3.8, 4) is 0 Å². The Labute approximate surface area is 113 Å². The highest BCUT2D eigenvalue weighted by atomic mass is 16.5. The molecule has 3 N–H and O–H groups in total. The molecule has 0 spiro atoms. The molecule has 0 fully saturated rings. The van der Waals surface area contributed by atoms with Crippen molar-refractivity contribution in [2.45, 2.75) is 13.8 Å². The zero-order valence-electron chi connectivity index (χ0n) is 11.5. The standard InChI is InChI=1S/C14H20N2O3/c1-9(2)12(8-15)13(17)16-11-6-4-5-10(7-11)14(18)19-3/h4-7,9,12H,8,15H2,1-3H3,(H,16,17). The van der Waals surface area contributed by atoms with Gasteiger partial charge in [0.05, 0.1) is 18.6 Å². The van der Waals surface area contributed by atoms with Crippen molar-refractivity contribution in [3.05, 3.63) is 29.8 Å². The highest BCUT2D eigenvalue weighted by Gasteiger charge is 2.20. The maximum atomic E-state index is 12.0. The highest BCUT2D eigenvalue weighted by Crippen LogP contribution is 2.15. The SMILES string of the molecule is COC(=O)c1cccc(NC(=O)C(CN)C(C)C)c1. The number of esters is 1. The van der Waals surface area contributed by atoms with Gasteiger partial charge in [0, 0.05) is 12.2 Å².